The maximum Gasteiger partial charge on any atom is 0.194 e. The highest BCUT2D eigenvalue weighted by Gasteiger charge is 2.22. The van der Waals surface area contributed by atoms with E-state index in [0.717, 1.165) is 26.3 Å². The van der Waals surface area contributed by atoms with Gasteiger partial charge in [0, 0.05) is 19.1 Å². The molecule has 0 aromatic heterocycles. The average Bonchev–Trinajstić information content (AvgIpc) is 3.02. The molecule has 3 aliphatic rings. The number of guanidine groups is 1. The van der Waals surface area contributed by atoms with Crippen molar-refractivity contribution in [1.82, 2.24) is 10.2 Å². The third-order valence-corrected chi connectivity index (χ3v) is 4.88. The Kier molecular flexibility index (Phi) is 5.17. The molecule has 0 spiro atoms. The van der Waals surface area contributed by atoms with E-state index < -0.39 is 0 Å². The molecule has 3 fully saturated rings. The van der Waals surface area contributed by atoms with E-state index in [1.807, 2.05) is 0 Å². The SMILES string of the molecule is C1CCC(NC(=NC2CCCC2)N2CCOCC2)CC1. The van der Waals surface area contributed by atoms with E-state index in [4.69, 9.17) is 9.73 Å². The number of nitrogens with one attached hydrogen (secondary N) is 1. The number of hydrogen-bond donors (Lipinski definition) is 1. The maximum absolute atomic E-state index is 5.49. The molecule has 1 saturated heterocycles. The van der Waals surface area contributed by atoms with Gasteiger partial charge in [0.2, 0.25) is 0 Å². The van der Waals surface area contributed by atoms with Crippen LogP contribution in [0.15, 0.2) is 4.99 Å². The van der Waals surface area contributed by atoms with Crippen molar-refractivity contribution in [2.75, 3.05) is 26.3 Å². The van der Waals surface area contributed by atoms with Crippen molar-refractivity contribution in [2.45, 2.75) is 69.9 Å². The molecule has 0 bridgehead atoms. The monoisotopic (exact) mass is 279 g/mol. The van der Waals surface area contributed by atoms with Crippen LogP contribution < -0.4 is 5.32 Å². The molecule has 0 atom stereocenters. The average molecular weight is 279 g/mol. The van der Waals surface area contributed by atoms with Gasteiger partial charge in [0.05, 0.1) is 19.3 Å². The molecule has 0 aromatic carbocycles. The third-order valence-electron chi connectivity index (χ3n) is 4.88. The molecule has 1 N–H and O–H groups in total. The second-order valence-corrected chi connectivity index (χ2v) is 6.47. The molecule has 20 heavy (non-hydrogen) atoms. The van der Waals surface area contributed by atoms with Gasteiger partial charge in [-0.1, -0.05) is 32.1 Å². The summed E-state index contributed by atoms with van der Waals surface area (Å²) in [4.78, 5) is 7.48. The van der Waals surface area contributed by atoms with E-state index in [-0.39, 0.29) is 0 Å². The lowest BCUT2D eigenvalue weighted by molar-refractivity contribution is 0.0658. The van der Waals surface area contributed by atoms with Crippen LogP contribution in [-0.4, -0.2) is 49.2 Å². The zero-order valence-corrected chi connectivity index (χ0v) is 12.6. The summed E-state index contributed by atoms with van der Waals surface area (Å²) in [6.45, 7) is 3.67. The van der Waals surface area contributed by atoms with Crippen LogP contribution in [0, 0.1) is 0 Å². The van der Waals surface area contributed by atoms with Gasteiger partial charge in [0.1, 0.15) is 0 Å². The lowest BCUT2D eigenvalue weighted by atomic mass is 9.96. The third kappa shape index (κ3) is 3.87. The van der Waals surface area contributed by atoms with Gasteiger partial charge >= 0.3 is 0 Å². The van der Waals surface area contributed by atoms with E-state index in [2.05, 4.69) is 10.2 Å². The van der Waals surface area contributed by atoms with Gasteiger partial charge in [0.15, 0.2) is 5.96 Å². The normalized spacial score (nSPS) is 27.0. The van der Waals surface area contributed by atoms with Gasteiger partial charge in [-0.05, 0) is 25.7 Å². The Morgan fingerprint density at radius 1 is 0.900 bits per heavy atom. The Hall–Kier alpha value is -0.770. The van der Waals surface area contributed by atoms with Crippen molar-refractivity contribution in [3.8, 4) is 0 Å². The molecule has 1 heterocycles. The lowest BCUT2D eigenvalue weighted by Gasteiger charge is -2.34. The molecule has 4 nitrogen and oxygen atoms in total. The van der Waals surface area contributed by atoms with Crippen LogP contribution in [0.5, 0.6) is 0 Å². The molecule has 2 saturated carbocycles. The van der Waals surface area contributed by atoms with Crippen molar-refractivity contribution < 1.29 is 4.74 Å². The summed E-state index contributed by atoms with van der Waals surface area (Å²) in [6, 6.07) is 1.20. The summed E-state index contributed by atoms with van der Waals surface area (Å²) in [6.07, 6.45) is 12.0. The molecule has 3 rings (SSSR count). The summed E-state index contributed by atoms with van der Waals surface area (Å²) in [5.74, 6) is 1.17. The lowest BCUT2D eigenvalue weighted by Crippen LogP contribution is -2.51. The predicted octanol–water partition coefficient (Wildman–Crippen LogP) is 2.54. The van der Waals surface area contributed by atoms with Gasteiger partial charge in [-0.3, -0.25) is 0 Å². The zero-order chi connectivity index (χ0) is 13.6. The largest absolute Gasteiger partial charge is 0.378 e. The van der Waals surface area contributed by atoms with Crippen molar-refractivity contribution >= 4 is 5.96 Å². The summed E-state index contributed by atoms with van der Waals surface area (Å²) in [5, 5.41) is 3.77. The molecule has 4 heteroatoms. The second-order valence-electron chi connectivity index (χ2n) is 6.47. The second kappa shape index (κ2) is 7.30. The van der Waals surface area contributed by atoms with Crippen molar-refractivity contribution in [3.05, 3.63) is 0 Å². The highest BCUT2D eigenvalue weighted by atomic mass is 16.5. The first kappa shape index (κ1) is 14.2. The highest BCUT2D eigenvalue weighted by Crippen LogP contribution is 2.22. The molecular formula is C16H29N3O. The fraction of sp³-hybridized carbons (Fsp3) is 0.938. The van der Waals surface area contributed by atoms with Crippen LogP contribution in [0.1, 0.15) is 57.8 Å². The van der Waals surface area contributed by atoms with E-state index in [1.54, 1.807) is 0 Å². The minimum Gasteiger partial charge on any atom is -0.378 e. The molecule has 0 radical (unpaired) electrons. The summed E-state index contributed by atoms with van der Waals surface area (Å²) >= 11 is 0. The minimum absolute atomic E-state index is 0.559. The van der Waals surface area contributed by atoms with E-state index in [0.29, 0.717) is 12.1 Å². The smallest absolute Gasteiger partial charge is 0.194 e. The Morgan fingerprint density at radius 3 is 2.25 bits per heavy atom. The predicted molar refractivity (Wildman–Crippen MR) is 82.1 cm³/mol. The quantitative estimate of drug-likeness (QED) is 0.623. The van der Waals surface area contributed by atoms with Crippen LogP contribution in [-0.2, 0) is 4.74 Å². The first-order valence-corrected chi connectivity index (χ1v) is 8.59. The molecular weight excluding hydrogens is 250 g/mol. The van der Waals surface area contributed by atoms with Crippen LogP contribution >= 0.6 is 0 Å². The number of rotatable bonds is 2. The first-order valence-electron chi connectivity index (χ1n) is 8.59. The standard InChI is InChI=1S/C16H29N3O/c1-2-6-14(7-3-1)17-16(18-15-8-4-5-9-15)19-10-12-20-13-11-19/h14-15H,1-13H2,(H,17,18). The Labute approximate surface area is 123 Å². The fourth-order valence-corrected chi connectivity index (χ4v) is 3.62. The molecule has 114 valence electrons. The summed E-state index contributed by atoms with van der Waals surface area (Å²) in [5.41, 5.74) is 0. The Balaban J connectivity index is 1.64. The van der Waals surface area contributed by atoms with Crippen LogP contribution in [0.25, 0.3) is 0 Å². The number of ether oxygens (including phenoxy) is 1. The van der Waals surface area contributed by atoms with E-state index >= 15 is 0 Å². The van der Waals surface area contributed by atoms with Crippen molar-refractivity contribution in [2.24, 2.45) is 4.99 Å². The van der Waals surface area contributed by atoms with Crippen LogP contribution in [0.2, 0.25) is 0 Å². The first-order chi connectivity index (χ1) is 9.92. The molecule has 0 unspecified atom stereocenters. The van der Waals surface area contributed by atoms with Gasteiger partial charge in [0.25, 0.3) is 0 Å². The fourth-order valence-electron chi connectivity index (χ4n) is 3.62. The Bertz CT molecular complexity index is 314. The van der Waals surface area contributed by atoms with Gasteiger partial charge in [-0.15, -0.1) is 0 Å². The maximum atomic E-state index is 5.49. The van der Waals surface area contributed by atoms with Gasteiger partial charge < -0.3 is 15.0 Å². The Morgan fingerprint density at radius 2 is 1.55 bits per heavy atom. The number of hydrogen-bond acceptors (Lipinski definition) is 2. The van der Waals surface area contributed by atoms with E-state index in [9.17, 15) is 0 Å². The van der Waals surface area contributed by atoms with Crippen molar-refractivity contribution in [1.29, 1.82) is 0 Å². The summed E-state index contributed by atoms with van der Waals surface area (Å²) in [7, 11) is 0. The number of nitrogens with zero attached hydrogens (tertiary/aromatic N) is 2. The zero-order valence-electron chi connectivity index (χ0n) is 12.6. The molecule has 2 aliphatic carbocycles. The van der Waals surface area contributed by atoms with Crippen molar-refractivity contribution in [3.63, 3.8) is 0 Å². The minimum atomic E-state index is 0.559. The van der Waals surface area contributed by atoms with Gasteiger partial charge in [-0.25, -0.2) is 4.99 Å². The number of aliphatic imine (C=N–C) groups is 1. The molecule has 0 aromatic rings. The van der Waals surface area contributed by atoms with E-state index in [1.165, 1.54) is 63.7 Å². The van der Waals surface area contributed by atoms with Crippen LogP contribution in [0.3, 0.4) is 0 Å². The molecule has 0 amide bonds. The topological polar surface area (TPSA) is 36.9 Å². The molecule has 1 aliphatic heterocycles. The van der Waals surface area contributed by atoms with Gasteiger partial charge in [-0.2, -0.15) is 0 Å². The summed E-state index contributed by atoms with van der Waals surface area (Å²) < 4.78 is 5.49. The highest BCUT2D eigenvalue weighted by molar-refractivity contribution is 5.80. The van der Waals surface area contributed by atoms with Crippen LogP contribution in [0.4, 0.5) is 0 Å². The number of morpholine rings is 1.